The maximum Gasteiger partial charge on any atom is 0.118 e. The minimum absolute atomic E-state index is 0. The largest absolute Gasteiger partial charge is 0.497 e. The zero-order valence-corrected chi connectivity index (χ0v) is 10.3. The first-order valence-electron chi connectivity index (χ1n) is 5.34. The van der Waals surface area contributed by atoms with Crippen molar-refractivity contribution in [1.82, 2.24) is 5.32 Å². The van der Waals surface area contributed by atoms with E-state index in [4.69, 9.17) is 9.47 Å². The Morgan fingerprint density at radius 3 is 2.62 bits per heavy atom. The number of rotatable bonds is 4. The third-order valence-electron chi connectivity index (χ3n) is 2.66. The lowest BCUT2D eigenvalue weighted by molar-refractivity contribution is 0.0542. The van der Waals surface area contributed by atoms with Crippen molar-refractivity contribution in [2.45, 2.75) is 19.1 Å². The number of ether oxygens (including phenoxy) is 2. The molecule has 1 heterocycles. The van der Waals surface area contributed by atoms with Gasteiger partial charge in [0.15, 0.2) is 0 Å². The molecule has 1 aromatic rings. The number of hydrogen-bond donors (Lipinski definition) is 1. The summed E-state index contributed by atoms with van der Waals surface area (Å²) in [5, 5.41) is 3.28. The molecule has 1 fully saturated rings. The molecule has 1 saturated heterocycles. The lowest BCUT2D eigenvalue weighted by Crippen LogP contribution is -2.16. The average Bonchev–Trinajstić information content (AvgIpc) is 2.80. The van der Waals surface area contributed by atoms with E-state index in [1.165, 1.54) is 5.56 Å². The molecule has 0 saturated carbocycles. The molecule has 0 radical (unpaired) electrons. The van der Waals surface area contributed by atoms with Crippen molar-refractivity contribution < 1.29 is 9.47 Å². The number of methoxy groups -OCH3 is 1. The highest BCUT2D eigenvalue weighted by Crippen LogP contribution is 2.13. The van der Waals surface area contributed by atoms with Crippen molar-refractivity contribution in [2.75, 3.05) is 20.2 Å². The molecule has 0 bridgehead atoms. The quantitative estimate of drug-likeness (QED) is 0.878. The summed E-state index contributed by atoms with van der Waals surface area (Å²) in [7, 11) is 1.68. The standard InChI is InChI=1S/C12H17NO2.ClH/c1-14-11-4-2-10(3-5-11)9-15-12-6-7-13-8-12;/h2-5,12-13H,6-9H2,1H3;1H/t12-;/m1./s1. The fourth-order valence-electron chi connectivity index (χ4n) is 1.71. The first-order valence-corrected chi connectivity index (χ1v) is 5.34. The minimum Gasteiger partial charge on any atom is -0.497 e. The van der Waals surface area contributed by atoms with Crippen LogP contribution in [0.5, 0.6) is 5.75 Å². The predicted octanol–water partition coefficient (Wildman–Crippen LogP) is 2.00. The first-order chi connectivity index (χ1) is 7.38. The van der Waals surface area contributed by atoms with Gasteiger partial charge in [0.2, 0.25) is 0 Å². The molecule has 2 rings (SSSR count). The summed E-state index contributed by atoms with van der Waals surface area (Å²) in [6.07, 6.45) is 1.50. The molecule has 1 aliphatic rings. The molecule has 4 heteroatoms. The maximum absolute atomic E-state index is 5.76. The van der Waals surface area contributed by atoms with Gasteiger partial charge < -0.3 is 14.8 Å². The average molecular weight is 244 g/mol. The third kappa shape index (κ3) is 3.67. The van der Waals surface area contributed by atoms with Gasteiger partial charge in [-0.25, -0.2) is 0 Å². The van der Waals surface area contributed by atoms with Crippen LogP contribution in [0.4, 0.5) is 0 Å². The van der Waals surface area contributed by atoms with Gasteiger partial charge >= 0.3 is 0 Å². The first kappa shape index (κ1) is 13.3. The van der Waals surface area contributed by atoms with E-state index < -0.39 is 0 Å². The highest BCUT2D eigenvalue weighted by atomic mass is 35.5. The van der Waals surface area contributed by atoms with Gasteiger partial charge in [0.05, 0.1) is 19.8 Å². The van der Waals surface area contributed by atoms with E-state index in [2.05, 4.69) is 5.32 Å². The van der Waals surface area contributed by atoms with Crippen LogP contribution in [0.15, 0.2) is 24.3 Å². The molecule has 1 aromatic carbocycles. The summed E-state index contributed by atoms with van der Waals surface area (Å²) in [4.78, 5) is 0. The van der Waals surface area contributed by atoms with Crippen molar-refractivity contribution in [3.63, 3.8) is 0 Å². The van der Waals surface area contributed by atoms with E-state index in [9.17, 15) is 0 Å². The lowest BCUT2D eigenvalue weighted by Gasteiger charge is -2.10. The molecular formula is C12H18ClNO2. The van der Waals surface area contributed by atoms with Gasteiger partial charge in [-0.1, -0.05) is 12.1 Å². The Bertz CT molecular complexity index is 296. The fraction of sp³-hybridized carbons (Fsp3) is 0.500. The Hall–Kier alpha value is -0.770. The molecule has 1 atom stereocenters. The van der Waals surface area contributed by atoms with Crippen LogP contribution in [0.1, 0.15) is 12.0 Å². The van der Waals surface area contributed by atoms with E-state index in [1.807, 2.05) is 24.3 Å². The van der Waals surface area contributed by atoms with Gasteiger partial charge in [-0.05, 0) is 30.7 Å². The summed E-state index contributed by atoms with van der Waals surface area (Å²) >= 11 is 0. The molecule has 0 amide bonds. The normalized spacial score (nSPS) is 19.2. The molecule has 3 nitrogen and oxygen atoms in total. The van der Waals surface area contributed by atoms with Crippen LogP contribution in [-0.4, -0.2) is 26.3 Å². The van der Waals surface area contributed by atoms with Gasteiger partial charge in [-0.2, -0.15) is 0 Å². The number of benzene rings is 1. The van der Waals surface area contributed by atoms with Crippen LogP contribution in [0.25, 0.3) is 0 Å². The zero-order valence-electron chi connectivity index (χ0n) is 9.44. The fourth-order valence-corrected chi connectivity index (χ4v) is 1.71. The van der Waals surface area contributed by atoms with E-state index >= 15 is 0 Å². The van der Waals surface area contributed by atoms with Crippen LogP contribution >= 0.6 is 12.4 Å². The number of halogens is 1. The zero-order chi connectivity index (χ0) is 10.5. The Labute approximate surface area is 103 Å². The van der Waals surface area contributed by atoms with E-state index in [0.717, 1.165) is 25.3 Å². The summed E-state index contributed by atoms with van der Waals surface area (Å²) in [5.41, 5.74) is 1.20. The Morgan fingerprint density at radius 2 is 2.06 bits per heavy atom. The van der Waals surface area contributed by atoms with Crippen LogP contribution in [0.3, 0.4) is 0 Å². The van der Waals surface area contributed by atoms with E-state index in [1.54, 1.807) is 7.11 Å². The smallest absolute Gasteiger partial charge is 0.118 e. The Kier molecular flexibility index (Phi) is 5.60. The van der Waals surface area contributed by atoms with Crippen LogP contribution in [0.2, 0.25) is 0 Å². The van der Waals surface area contributed by atoms with Crippen molar-refractivity contribution in [3.05, 3.63) is 29.8 Å². The van der Waals surface area contributed by atoms with Crippen LogP contribution in [-0.2, 0) is 11.3 Å². The molecule has 90 valence electrons. The molecule has 0 unspecified atom stereocenters. The van der Waals surface area contributed by atoms with Crippen molar-refractivity contribution >= 4 is 12.4 Å². The Balaban J connectivity index is 0.00000128. The van der Waals surface area contributed by atoms with E-state index in [0.29, 0.717) is 12.7 Å². The van der Waals surface area contributed by atoms with Gasteiger partial charge in [-0.3, -0.25) is 0 Å². The molecule has 1 N–H and O–H groups in total. The summed E-state index contributed by atoms with van der Waals surface area (Å²) in [6.45, 7) is 2.75. The van der Waals surface area contributed by atoms with Crippen LogP contribution in [0, 0.1) is 0 Å². The van der Waals surface area contributed by atoms with Crippen molar-refractivity contribution in [1.29, 1.82) is 0 Å². The highest BCUT2D eigenvalue weighted by Gasteiger charge is 2.14. The second-order valence-electron chi connectivity index (χ2n) is 3.77. The van der Waals surface area contributed by atoms with Gasteiger partial charge in [0.1, 0.15) is 5.75 Å². The molecule has 0 aliphatic carbocycles. The lowest BCUT2D eigenvalue weighted by atomic mass is 10.2. The van der Waals surface area contributed by atoms with Gasteiger partial charge in [-0.15, -0.1) is 12.4 Å². The van der Waals surface area contributed by atoms with Crippen molar-refractivity contribution in [3.8, 4) is 5.75 Å². The highest BCUT2D eigenvalue weighted by molar-refractivity contribution is 5.85. The molecule has 16 heavy (non-hydrogen) atoms. The maximum atomic E-state index is 5.76. The van der Waals surface area contributed by atoms with Gasteiger partial charge in [0, 0.05) is 6.54 Å². The molecule has 1 aliphatic heterocycles. The molecule has 0 spiro atoms. The van der Waals surface area contributed by atoms with Gasteiger partial charge in [0.25, 0.3) is 0 Å². The second kappa shape index (κ2) is 6.74. The monoisotopic (exact) mass is 243 g/mol. The predicted molar refractivity (Wildman–Crippen MR) is 66.3 cm³/mol. The third-order valence-corrected chi connectivity index (χ3v) is 2.66. The van der Waals surface area contributed by atoms with E-state index in [-0.39, 0.29) is 12.4 Å². The second-order valence-corrected chi connectivity index (χ2v) is 3.77. The summed E-state index contributed by atoms with van der Waals surface area (Å²) in [6, 6.07) is 8.01. The molecule has 0 aromatic heterocycles. The number of nitrogens with one attached hydrogen (secondary N) is 1. The minimum atomic E-state index is 0. The topological polar surface area (TPSA) is 30.5 Å². The molecular weight excluding hydrogens is 226 g/mol. The Morgan fingerprint density at radius 1 is 1.31 bits per heavy atom. The summed E-state index contributed by atoms with van der Waals surface area (Å²) < 4.78 is 10.9. The summed E-state index contributed by atoms with van der Waals surface area (Å²) in [5.74, 6) is 0.890. The van der Waals surface area contributed by atoms with Crippen molar-refractivity contribution in [2.24, 2.45) is 0 Å². The number of hydrogen-bond acceptors (Lipinski definition) is 3. The van der Waals surface area contributed by atoms with Crippen LogP contribution < -0.4 is 10.1 Å². The SMILES string of the molecule is COc1ccc(CO[C@@H]2CCNC2)cc1.Cl.